The lowest BCUT2D eigenvalue weighted by atomic mass is 10.3. The van der Waals surface area contributed by atoms with Gasteiger partial charge in [-0.2, -0.15) is 13.2 Å². The van der Waals surface area contributed by atoms with E-state index in [-0.39, 0.29) is 17.7 Å². The number of hydrogen-bond acceptors (Lipinski definition) is 6. The van der Waals surface area contributed by atoms with E-state index in [0.717, 1.165) is 12.8 Å². The summed E-state index contributed by atoms with van der Waals surface area (Å²) in [6, 6.07) is 1.32. The van der Waals surface area contributed by atoms with Gasteiger partial charge in [0.25, 0.3) is 0 Å². The quantitative estimate of drug-likeness (QED) is 0.388. The second-order valence-electron chi connectivity index (χ2n) is 4.66. The van der Waals surface area contributed by atoms with Gasteiger partial charge in [0.05, 0.1) is 6.10 Å². The second kappa shape index (κ2) is 7.99. The van der Waals surface area contributed by atoms with Gasteiger partial charge in [-0.05, 0) is 26.7 Å². The molecule has 1 heterocycles. The predicted octanol–water partition coefficient (Wildman–Crippen LogP) is 2.40. The molecule has 0 atom stereocenters. The fourth-order valence-electron chi connectivity index (χ4n) is 1.50. The van der Waals surface area contributed by atoms with Gasteiger partial charge in [0.1, 0.15) is 11.6 Å². The molecule has 9 heteroatoms. The van der Waals surface area contributed by atoms with Crippen LogP contribution in [-0.4, -0.2) is 29.2 Å². The number of nitrogen functional groups attached to an aromatic ring is 1. The molecule has 0 unspecified atom stereocenters. The highest BCUT2D eigenvalue weighted by molar-refractivity contribution is 5.47. The van der Waals surface area contributed by atoms with Crippen LogP contribution < -0.4 is 16.6 Å². The topological polar surface area (TPSA) is 85.1 Å². The van der Waals surface area contributed by atoms with Crippen molar-refractivity contribution in [2.45, 2.75) is 39.0 Å². The Morgan fingerprint density at radius 3 is 2.48 bits per heavy atom. The SMILES string of the molecule is CC(C)OCCCCNc1cc(NN)nc(C(F)(F)F)n1. The Labute approximate surface area is 121 Å². The van der Waals surface area contributed by atoms with Crippen LogP contribution in [0, 0.1) is 0 Å². The maximum atomic E-state index is 12.6. The van der Waals surface area contributed by atoms with Crippen LogP contribution in [0.4, 0.5) is 24.8 Å². The van der Waals surface area contributed by atoms with Crippen molar-refractivity contribution in [1.29, 1.82) is 0 Å². The molecule has 4 N–H and O–H groups in total. The number of halogens is 3. The Morgan fingerprint density at radius 2 is 1.90 bits per heavy atom. The molecular formula is C12H20F3N5O. The largest absolute Gasteiger partial charge is 0.451 e. The van der Waals surface area contributed by atoms with Gasteiger partial charge in [-0.25, -0.2) is 15.8 Å². The van der Waals surface area contributed by atoms with Crippen LogP contribution in [0.15, 0.2) is 6.07 Å². The molecule has 6 nitrogen and oxygen atoms in total. The van der Waals surface area contributed by atoms with Gasteiger partial charge in [-0.15, -0.1) is 0 Å². The molecule has 0 aromatic carbocycles. The van der Waals surface area contributed by atoms with E-state index in [4.69, 9.17) is 10.6 Å². The monoisotopic (exact) mass is 307 g/mol. The second-order valence-corrected chi connectivity index (χ2v) is 4.66. The molecule has 0 bridgehead atoms. The summed E-state index contributed by atoms with van der Waals surface area (Å²) in [6.07, 6.45) is -2.88. The van der Waals surface area contributed by atoms with Crippen molar-refractivity contribution in [3.05, 3.63) is 11.9 Å². The van der Waals surface area contributed by atoms with Crippen molar-refractivity contribution < 1.29 is 17.9 Å². The normalized spacial score (nSPS) is 11.8. The first-order valence-electron chi connectivity index (χ1n) is 6.61. The van der Waals surface area contributed by atoms with E-state index in [1.165, 1.54) is 6.07 Å². The standard InChI is InChI=1S/C12H20F3N5O/c1-8(2)21-6-4-3-5-17-9-7-10(20-16)19-11(18-9)12(13,14)15/h7-8H,3-6,16H2,1-2H3,(H2,17,18,19,20). The summed E-state index contributed by atoms with van der Waals surface area (Å²) in [4.78, 5) is 6.69. The van der Waals surface area contributed by atoms with Gasteiger partial charge < -0.3 is 15.5 Å². The molecule has 0 aliphatic carbocycles. The molecule has 0 aliphatic rings. The minimum Gasteiger partial charge on any atom is -0.379 e. The lowest BCUT2D eigenvalue weighted by molar-refractivity contribution is -0.144. The first kappa shape index (κ1) is 17.4. The fraction of sp³-hybridized carbons (Fsp3) is 0.667. The van der Waals surface area contributed by atoms with Crippen molar-refractivity contribution in [2.24, 2.45) is 5.84 Å². The fourth-order valence-corrected chi connectivity index (χ4v) is 1.50. The van der Waals surface area contributed by atoms with Crippen LogP contribution in [-0.2, 0) is 10.9 Å². The third-order valence-corrected chi connectivity index (χ3v) is 2.46. The smallest absolute Gasteiger partial charge is 0.379 e. The van der Waals surface area contributed by atoms with Crippen LogP contribution in [0.1, 0.15) is 32.5 Å². The minimum atomic E-state index is -4.62. The van der Waals surface area contributed by atoms with Gasteiger partial charge in [0.15, 0.2) is 0 Å². The summed E-state index contributed by atoms with van der Waals surface area (Å²) in [7, 11) is 0. The van der Waals surface area contributed by atoms with Gasteiger partial charge in [0, 0.05) is 19.2 Å². The third kappa shape index (κ3) is 6.58. The molecule has 0 amide bonds. The molecule has 0 fully saturated rings. The number of anilines is 2. The average molecular weight is 307 g/mol. The van der Waals surface area contributed by atoms with Crippen LogP contribution in [0.5, 0.6) is 0 Å². The molecule has 120 valence electrons. The number of hydrazine groups is 1. The van der Waals surface area contributed by atoms with E-state index in [1.807, 2.05) is 13.8 Å². The molecule has 1 aromatic heterocycles. The summed E-state index contributed by atoms with van der Waals surface area (Å²) in [5, 5.41) is 2.82. The lowest BCUT2D eigenvalue weighted by Crippen LogP contribution is -2.17. The number of rotatable bonds is 8. The summed E-state index contributed by atoms with van der Waals surface area (Å²) in [5.41, 5.74) is 2.09. The van der Waals surface area contributed by atoms with E-state index in [0.29, 0.717) is 13.2 Å². The number of hydrogen-bond donors (Lipinski definition) is 3. The zero-order valence-corrected chi connectivity index (χ0v) is 12.0. The highest BCUT2D eigenvalue weighted by Gasteiger charge is 2.35. The first-order valence-corrected chi connectivity index (χ1v) is 6.61. The van der Waals surface area contributed by atoms with Crippen LogP contribution >= 0.6 is 0 Å². The van der Waals surface area contributed by atoms with E-state index >= 15 is 0 Å². The zero-order chi connectivity index (χ0) is 15.9. The van der Waals surface area contributed by atoms with E-state index in [9.17, 15) is 13.2 Å². The molecular weight excluding hydrogens is 287 g/mol. The van der Waals surface area contributed by atoms with Gasteiger partial charge in [-0.1, -0.05) is 0 Å². The Bertz CT molecular complexity index is 439. The van der Waals surface area contributed by atoms with Crippen LogP contribution in [0.2, 0.25) is 0 Å². The Kier molecular flexibility index (Phi) is 6.63. The number of nitrogens with two attached hydrogens (primary N) is 1. The van der Waals surface area contributed by atoms with Crippen LogP contribution in [0.25, 0.3) is 0 Å². The number of nitrogens with one attached hydrogen (secondary N) is 2. The molecule has 0 saturated carbocycles. The van der Waals surface area contributed by atoms with Crippen molar-refractivity contribution >= 4 is 11.6 Å². The van der Waals surface area contributed by atoms with Gasteiger partial charge in [-0.3, -0.25) is 0 Å². The number of nitrogens with zero attached hydrogens (tertiary/aromatic N) is 2. The summed E-state index contributed by atoms with van der Waals surface area (Å²) >= 11 is 0. The molecule has 0 spiro atoms. The lowest BCUT2D eigenvalue weighted by Gasteiger charge is -2.11. The Hall–Kier alpha value is -1.61. The maximum absolute atomic E-state index is 12.6. The number of aromatic nitrogens is 2. The van der Waals surface area contributed by atoms with Gasteiger partial charge >= 0.3 is 6.18 Å². The van der Waals surface area contributed by atoms with E-state index < -0.39 is 12.0 Å². The number of alkyl halides is 3. The highest BCUT2D eigenvalue weighted by atomic mass is 19.4. The molecule has 1 rings (SSSR count). The molecule has 0 saturated heterocycles. The molecule has 0 radical (unpaired) electrons. The predicted molar refractivity (Wildman–Crippen MR) is 73.7 cm³/mol. The molecule has 21 heavy (non-hydrogen) atoms. The van der Waals surface area contributed by atoms with E-state index in [2.05, 4.69) is 20.7 Å². The Balaban J connectivity index is 2.51. The Morgan fingerprint density at radius 1 is 1.24 bits per heavy atom. The summed E-state index contributed by atoms with van der Waals surface area (Å²) < 4.78 is 43.2. The van der Waals surface area contributed by atoms with Crippen molar-refractivity contribution in [3.63, 3.8) is 0 Å². The highest BCUT2D eigenvalue weighted by Crippen LogP contribution is 2.28. The number of unbranched alkanes of at least 4 members (excludes halogenated alkanes) is 1. The van der Waals surface area contributed by atoms with Crippen molar-refractivity contribution in [3.8, 4) is 0 Å². The first-order chi connectivity index (χ1) is 9.82. The van der Waals surface area contributed by atoms with Crippen molar-refractivity contribution in [2.75, 3.05) is 23.9 Å². The van der Waals surface area contributed by atoms with E-state index in [1.54, 1.807) is 0 Å². The summed E-state index contributed by atoms with van der Waals surface area (Å²) in [6.45, 7) is 4.99. The van der Waals surface area contributed by atoms with Crippen molar-refractivity contribution in [1.82, 2.24) is 9.97 Å². The van der Waals surface area contributed by atoms with Gasteiger partial charge in [0.2, 0.25) is 5.82 Å². The minimum absolute atomic E-state index is 0.0788. The average Bonchev–Trinajstić information content (AvgIpc) is 2.41. The molecule has 1 aromatic rings. The zero-order valence-electron chi connectivity index (χ0n) is 12.0. The number of ether oxygens (including phenoxy) is 1. The maximum Gasteiger partial charge on any atom is 0.451 e. The van der Waals surface area contributed by atoms with Crippen LogP contribution in [0.3, 0.4) is 0 Å². The third-order valence-electron chi connectivity index (χ3n) is 2.46. The molecule has 0 aliphatic heterocycles. The summed E-state index contributed by atoms with van der Waals surface area (Å²) in [5.74, 6) is 3.85.